The van der Waals surface area contributed by atoms with E-state index in [1.54, 1.807) is 36.4 Å². The summed E-state index contributed by atoms with van der Waals surface area (Å²) < 4.78 is 5.42. The van der Waals surface area contributed by atoms with Crippen LogP contribution in [0.2, 0.25) is 0 Å². The molecule has 23 heavy (non-hydrogen) atoms. The predicted molar refractivity (Wildman–Crippen MR) is 89.4 cm³/mol. The van der Waals surface area contributed by atoms with Crippen LogP contribution in [-0.2, 0) is 9.59 Å². The fourth-order valence-corrected chi connectivity index (χ4v) is 1.87. The van der Waals surface area contributed by atoms with E-state index in [1.807, 2.05) is 19.1 Å². The van der Waals surface area contributed by atoms with E-state index < -0.39 is 0 Å². The molecule has 2 amide bonds. The van der Waals surface area contributed by atoms with Crippen LogP contribution in [0.25, 0.3) is 0 Å². The molecule has 120 valence electrons. The molecule has 0 saturated heterocycles. The number of amides is 2. The monoisotopic (exact) mass is 313 g/mol. The molecular weight excluding hydrogens is 294 g/mol. The lowest BCUT2D eigenvalue weighted by molar-refractivity contribution is -0.118. The minimum absolute atomic E-state index is 0.123. The third-order valence-electron chi connectivity index (χ3n) is 3.05. The Morgan fingerprint density at radius 1 is 0.957 bits per heavy atom. The summed E-state index contributed by atoms with van der Waals surface area (Å²) in [6.45, 7) is 1.73. The highest BCUT2D eigenvalue weighted by Gasteiger charge is 2.09. The van der Waals surface area contributed by atoms with Crippen molar-refractivity contribution in [2.24, 2.45) is 5.73 Å². The van der Waals surface area contributed by atoms with Gasteiger partial charge in [-0.1, -0.05) is 29.8 Å². The fourth-order valence-electron chi connectivity index (χ4n) is 1.87. The van der Waals surface area contributed by atoms with E-state index >= 15 is 0 Å². The molecule has 0 spiro atoms. The van der Waals surface area contributed by atoms with Crippen LogP contribution in [-0.4, -0.2) is 25.0 Å². The molecule has 0 atom stereocenters. The van der Waals surface area contributed by atoms with E-state index in [-0.39, 0.29) is 25.0 Å². The number of hydrogen-bond donors (Lipinski definition) is 3. The molecular formula is C17H19N3O3. The molecule has 0 unspecified atom stereocenters. The lowest BCUT2D eigenvalue weighted by Gasteiger charge is -2.12. The van der Waals surface area contributed by atoms with E-state index in [0.717, 1.165) is 5.56 Å². The van der Waals surface area contributed by atoms with Crippen LogP contribution >= 0.6 is 0 Å². The zero-order valence-electron chi connectivity index (χ0n) is 12.8. The maximum atomic E-state index is 12.0. The largest absolute Gasteiger partial charge is 0.484 e. The molecule has 6 nitrogen and oxygen atoms in total. The van der Waals surface area contributed by atoms with Crippen molar-refractivity contribution in [1.82, 2.24) is 0 Å². The van der Waals surface area contributed by atoms with Gasteiger partial charge in [-0.25, -0.2) is 0 Å². The number of carbonyl (C=O) groups excluding carboxylic acids is 2. The Bertz CT molecular complexity index is 684. The number of ether oxygens (including phenoxy) is 1. The van der Waals surface area contributed by atoms with Crippen LogP contribution in [0.3, 0.4) is 0 Å². The lowest BCUT2D eigenvalue weighted by atomic mass is 10.2. The quantitative estimate of drug-likeness (QED) is 0.759. The van der Waals surface area contributed by atoms with Crippen LogP contribution in [0.5, 0.6) is 5.75 Å². The van der Waals surface area contributed by atoms with E-state index in [0.29, 0.717) is 17.1 Å². The van der Waals surface area contributed by atoms with Crippen molar-refractivity contribution >= 4 is 23.2 Å². The lowest BCUT2D eigenvalue weighted by Crippen LogP contribution is -2.24. The van der Waals surface area contributed by atoms with Crippen molar-refractivity contribution in [3.8, 4) is 5.75 Å². The van der Waals surface area contributed by atoms with Gasteiger partial charge in [-0.3, -0.25) is 9.59 Å². The van der Waals surface area contributed by atoms with E-state index in [9.17, 15) is 9.59 Å². The van der Waals surface area contributed by atoms with Crippen molar-refractivity contribution < 1.29 is 14.3 Å². The fraction of sp³-hybridized carbons (Fsp3) is 0.176. The molecule has 2 aromatic rings. The second-order valence-electron chi connectivity index (χ2n) is 4.95. The number of nitrogens with one attached hydrogen (secondary N) is 2. The van der Waals surface area contributed by atoms with Gasteiger partial charge in [0.25, 0.3) is 5.91 Å². The van der Waals surface area contributed by atoms with Gasteiger partial charge in [0.15, 0.2) is 6.61 Å². The maximum Gasteiger partial charge on any atom is 0.262 e. The number of carbonyl (C=O) groups is 2. The first-order valence-corrected chi connectivity index (χ1v) is 7.17. The van der Waals surface area contributed by atoms with Crippen LogP contribution in [0, 0.1) is 6.92 Å². The molecule has 4 N–H and O–H groups in total. The van der Waals surface area contributed by atoms with Gasteiger partial charge in [-0.2, -0.15) is 0 Å². The molecule has 0 aliphatic rings. The highest BCUT2D eigenvalue weighted by molar-refractivity contribution is 6.00. The van der Waals surface area contributed by atoms with E-state index in [4.69, 9.17) is 10.5 Å². The number of anilines is 2. The first kappa shape index (κ1) is 16.5. The van der Waals surface area contributed by atoms with Crippen molar-refractivity contribution in [3.63, 3.8) is 0 Å². The number of nitrogens with two attached hydrogens (primary N) is 1. The Hall–Kier alpha value is -2.86. The van der Waals surface area contributed by atoms with Gasteiger partial charge in [0.2, 0.25) is 5.91 Å². The maximum absolute atomic E-state index is 12.0. The minimum Gasteiger partial charge on any atom is -0.484 e. The first-order valence-electron chi connectivity index (χ1n) is 7.17. The van der Waals surface area contributed by atoms with Gasteiger partial charge in [0.05, 0.1) is 17.9 Å². The first-order chi connectivity index (χ1) is 11.1. The molecule has 0 heterocycles. The summed E-state index contributed by atoms with van der Waals surface area (Å²) in [5.41, 5.74) is 7.38. The van der Waals surface area contributed by atoms with Crippen LogP contribution in [0.1, 0.15) is 5.56 Å². The van der Waals surface area contributed by atoms with Crippen LogP contribution < -0.4 is 21.1 Å². The van der Waals surface area contributed by atoms with Crippen LogP contribution in [0.15, 0.2) is 48.5 Å². The SMILES string of the molecule is Cc1ccc(OCC(=O)Nc2ccccc2NC(=O)CN)cc1. The topological polar surface area (TPSA) is 93.5 Å². The summed E-state index contributed by atoms with van der Waals surface area (Å²) >= 11 is 0. The summed E-state index contributed by atoms with van der Waals surface area (Å²) in [6.07, 6.45) is 0. The van der Waals surface area contributed by atoms with Gasteiger partial charge in [-0.15, -0.1) is 0 Å². The molecule has 0 bridgehead atoms. The standard InChI is InChI=1S/C17H19N3O3/c1-12-6-8-13(9-7-12)23-11-17(22)20-15-5-3-2-4-14(15)19-16(21)10-18/h2-9H,10-11,18H2,1H3,(H,19,21)(H,20,22). The van der Waals surface area contributed by atoms with Gasteiger partial charge in [0.1, 0.15) is 5.75 Å². The van der Waals surface area contributed by atoms with Crippen molar-refractivity contribution in [3.05, 3.63) is 54.1 Å². The van der Waals surface area contributed by atoms with Crippen molar-refractivity contribution in [1.29, 1.82) is 0 Å². The summed E-state index contributed by atoms with van der Waals surface area (Å²) in [5.74, 6) is -0.0295. The average Bonchev–Trinajstić information content (AvgIpc) is 2.56. The molecule has 0 aliphatic carbocycles. The number of para-hydroxylation sites is 2. The second-order valence-corrected chi connectivity index (χ2v) is 4.95. The van der Waals surface area contributed by atoms with E-state index in [2.05, 4.69) is 10.6 Å². The molecule has 0 saturated carbocycles. The average molecular weight is 313 g/mol. The summed E-state index contributed by atoms with van der Waals surface area (Å²) in [5, 5.41) is 5.33. The molecule has 2 aromatic carbocycles. The molecule has 6 heteroatoms. The van der Waals surface area contributed by atoms with Crippen LogP contribution in [0.4, 0.5) is 11.4 Å². The van der Waals surface area contributed by atoms with Crippen molar-refractivity contribution in [2.75, 3.05) is 23.8 Å². The molecule has 0 aromatic heterocycles. The van der Waals surface area contributed by atoms with E-state index in [1.165, 1.54) is 0 Å². The van der Waals surface area contributed by atoms with Gasteiger partial charge in [-0.05, 0) is 31.2 Å². The minimum atomic E-state index is -0.331. The second kappa shape index (κ2) is 7.95. The third-order valence-corrected chi connectivity index (χ3v) is 3.05. The van der Waals surface area contributed by atoms with Gasteiger partial charge in [0, 0.05) is 0 Å². The van der Waals surface area contributed by atoms with Crippen molar-refractivity contribution in [2.45, 2.75) is 6.92 Å². The Kier molecular flexibility index (Phi) is 5.71. The number of benzene rings is 2. The Morgan fingerprint density at radius 2 is 1.52 bits per heavy atom. The van der Waals surface area contributed by atoms with Gasteiger partial charge < -0.3 is 21.1 Å². The highest BCUT2D eigenvalue weighted by Crippen LogP contribution is 2.20. The summed E-state index contributed by atoms with van der Waals surface area (Å²) in [7, 11) is 0. The summed E-state index contributed by atoms with van der Waals surface area (Å²) in [6, 6.07) is 14.3. The Morgan fingerprint density at radius 3 is 2.09 bits per heavy atom. The highest BCUT2D eigenvalue weighted by atomic mass is 16.5. The molecule has 2 rings (SSSR count). The zero-order valence-corrected chi connectivity index (χ0v) is 12.8. The third kappa shape index (κ3) is 5.12. The normalized spacial score (nSPS) is 10.0. The Labute approximate surface area is 134 Å². The molecule has 0 aliphatic heterocycles. The Balaban J connectivity index is 1.94. The number of rotatable bonds is 6. The number of aryl methyl sites for hydroxylation is 1. The molecule has 0 radical (unpaired) electrons. The van der Waals surface area contributed by atoms with Gasteiger partial charge >= 0.3 is 0 Å². The summed E-state index contributed by atoms with van der Waals surface area (Å²) in [4.78, 5) is 23.4. The molecule has 0 fully saturated rings. The predicted octanol–water partition coefficient (Wildman–Crippen LogP) is 1.91. The zero-order chi connectivity index (χ0) is 16.7. The number of hydrogen-bond acceptors (Lipinski definition) is 4. The smallest absolute Gasteiger partial charge is 0.262 e.